The van der Waals surface area contributed by atoms with Crippen LogP contribution in [0.4, 0.5) is 0 Å². The second-order valence-electron chi connectivity index (χ2n) is 6.37. The fourth-order valence-corrected chi connectivity index (χ4v) is 6.60. The molecule has 146 valence electrons. The highest BCUT2D eigenvalue weighted by atomic mass is 35.5. The molecule has 0 spiro atoms. The molecule has 0 aliphatic rings. The average Bonchev–Trinajstić information content (AvgIpc) is 2.72. The largest absolute Gasteiger partial charge is 0.395 e. The molecule has 2 aromatic carbocycles. The van der Waals surface area contributed by atoms with Crippen molar-refractivity contribution in [1.82, 2.24) is 0 Å². The lowest BCUT2D eigenvalue weighted by molar-refractivity contribution is 0.253. The van der Waals surface area contributed by atoms with E-state index < -0.39 is 0 Å². The van der Waals surface area contributed by atoms with Crippen LogP contribution >= 0.6 is 35.1 Å². The number of alkyl halides is 1. The van der Waals surface area contributed by atoms with Gasteiger partial charge in [-0.1, -0.05) is 80.4 Å². The third kappa shape index (κ3) is 9.10. The number of unbranched alkanes of at least 4 members (excludes halogenated alkanes) is 2. The van der Waals surface area contributed by atoms with Gasteiger partial charge < -0.3 is 4.43 Å². The molecule has 0 saturated carbocycles. The normalized spacial score (nSPS) is 11.6. The van der Waals surface area contributed by atoms with E-state index in [1.807, 2.05) is 23.5 Å². The highest BCUT2D eigenvalue weighted by Crippen LogP contribution is 2.45. The van der Waals surface area contributed by atoms with Gasteiger partial charge in [0.25, 0.3) is 0 Å². The van der Waals surface area contributed by atoms with Crippen LogP contribution in [0.15, 0.2) is 60.7 Å². The number of hydrogen-bond acceptors (Lipinski definition) is 3. The van der Waals surface area contributed by atoms with Gasteiger partial charge in [0.05, 0.1) is 0 Å². The lowest BCUT2D eigenvalue weighted by Crippen LogP contribution is -2.27. The van der Waals surface area contributed by atoms with Crippen molar-refractivity contribution in [3.63, 3.8) is 0 Å². The molecule has 0 aromatic heterocycles. The standard InChI is InChI=1S/C22H29ClOS2Si/c1-2-3-10-15-22(24-27-17-16-23,25-18-20-11-6-4-7-12-20)26-19-21-13-8-5-9-14-21/h4-9,11-14H,2-3,10,15-19H2,1H3. The van der Waals surface area contributed by atoms with Crippen molar-refractivity contribution in [2.24, 2.45) is 0 Å². The summed E-state index contributed by atoms with van der Waals surface area (Å²) in [5, 5.41) is 0. The summed E-state index contributed by atoms with van der Waals surface area (Å²) >= 11 is 9.81. The molecule has 0 fully saturated rings. The predicted octanol–water partition coefficient (Wildman–Crippen LogP) is 7.38. The molecule has 0 aliphatic heterocycles. The van der Waals surface area contributed by atoms with Crippen LogP contribution in [0.3, 0.4) is 0 Å². The smallest absolute Gasteiger partial charge is 0.234 e. The number of benzene rings is 2. The van der Waals surface area contributed by atoms with E-state index in [-0.39, 0.29) is 4.27 Å². The molecule has 2 rings (SSSR count). The molecule has 0 atom stereocenters. The minimum absolute atomic E-state index is 0.203. The molecule has 0 amide bonds. The molecule has 0 heterocycles. The van der Waals surface area contributed by atoms with Gasteiger partial charge in [0.1, 0.15) is 0 Å². The number of halogens is 1. The zero-order chi connectivity index (χ0) is 19.2. The van der Waals surface area contributed by atoms with Crippen LogP contribution in [0.1, 0.15) is 43.7 Å². The summed E-state index contributed by atoms with van der Waals surface area (Å²) in [7, 11) is 0.457. The van der Waals surface area contributed by atoms with Crippen molar-refractivity contribution in [3.05, 3.63) is 71.8 Å². The van der Waals surface area contributed by atoms with Crippen LogP contribution in [0, 0.1) is 0 Å². The number of thioether (sulfide) groups is 2. The molecular formula is C22H29ClOS2Si. The molecule has 0 N–H and O–H groups in total. The number of rotatable bonds is 14. The molecule has 2 radical (unpaired) electrons. The topological polar surface area (TPSA) is 9.23 Å². The zero-order valence-electron chi connectivity index (χ0n) is 16.0. The fraction of sp³-hybridized carbons (Fsp3) is 0.455. The van der Waals surface area contributed by atoms with Crippen LogP contribution in [-0.4, -0.2) is 19.9 Å². The first-order chi connectivity index (χ1) is 13.3. The van der Waals surface area contributed by atoms with E-state index >= 15 is 0 Å². The Kier molecular flexibility index (Phi) is 11.6. The Morgan fingerprint density at radius 2 is 1.44 bits per heavy atom. The molecule has 27 heavy (non-hydrogen) atoms. The van der Waals surface area contributed by atoms with Crippen molar-refractivity contribution < 1.29 is 4.43 Å². The Morgan fingerprint density at radius 1 is 0.889 bits per heavy atom. The SMILES string of the molecule is CCCCCC(O[Si]CCCl)(SCc1ccccc1)SCc1ccccc1. The van der Waals surface area contributed by atoms with Crippen molar-refractivity contribution in [2.75, 3.05) is 5.88 Å². The molecule has 2 aromatic rings. The summed E-state index contributed by atoms with van der Waals surface area (Å²) in [4.78, 5) is 0. The van der Waals surface area contributed by atoms with Gasteiger partial charge in [-0.15, -0.1) is 35.1 Å². The van der Waals surface area contributed by atoms with Gasteiger partial charge in [-0.25, -0.2) is 0 Å². The van der Waals surface area contributed by atoms with Crippen LogP contribution in [0.5, 0.6) is 0 Å². The van der Waals surface area contributed by atoms with Gasteiger partial charge in [0.15, 0.2) is 4.27 Å². The minimum atomic E-state index is -0.203. The Morgan fingerprint density at radius 3 is 1.93 bits per heavy atom. The predicted molar refractivity (Wildman–Crippen MR) is 125 cm³/mol. The molecule has 1 nitrogen and oxygen atoms in total. The second kappa shape index (κ2) is 13.7. The van der Waals surface area contributed by atoms with Crippen LogP contribution in [-0.2, 0) is 15.9 Å². The van der Waals surface area contributed by atoms with E-state index in [0.29, 0.717) is 15.6 Å². The van der Waals surface area contributed by atoms with Gasteiger partial charge in [0.2, 0.25) is 9.76 Å². The van der Waals surface area contributed by atoms with Gasteiger partial charge in [-0.3, -0.25) is 0 Å². The van der Waals surface area contributed by atoms with Crippen molar-refractivity contribution >= 4 is 44.9 Å². The van der Waals surface area contributed by atoms with Crippen molar-refractivity contribution in [3.8, 4) is 0 Å². The lowest BCUT2D eigenvalue weighted by atomic mass is 10.2. The van der Waals surface area contributed by atoms with Gasteiger partial charge >= 0.3 is 0 Å². The van der Waals surface area contributed by atoms with E-state index in [1.165, 1.54) is 30.4 Å². The monoisotopic (exact) mass is 436 g/mol. The molecule has 0 saturated heterocycles. The summed E-state index contributed by atoms with van der Waals surface area (Å²) in [5.41, 5.74) is 2.71. The van der Waals surface area contributed by atoms with Crippen molar-refractivity contribution in [1.29, 1.82) is 0 Å². The first-order valence-corrected chi connectivity index (χ1v) is 13.2. The zero-order valence-corrected chi connectivity index (χ0v) is 19.4. The highest BCUT2D eigenvalue weighted by molar-refractivity contribution is 8.17. The first-order valence-electron chi connectivity index (χ1n) is 9.60. The van der Waals surface area contributed by atoms with E-state index in [0.717, 1.165) is 24.0 Å². The Balaban J connectivity index is 2.08. The van der Waals surface area contributed by atoms with Gasteiger partial charge in [-0.2, -0.15) is 0 Å². The van der Waals surface area contributed by atoms with E-state index in [9.17, 15) is 0 Å². The molecule has 0 unspecified atom stereocenters. The molecule has 0 bridgehead atoms. The quantitative estimate of drug-likeness (QED) is 0.132. The maximum absolute atomic E-state index is 6.53. The Hall–Kier alpha value is -0.393. The van der Waals surface area contributed by atoms with E-state index in [2.05, 4.69) is 67.6 Å². The third-order valence-corrected chi connectivity index (χ3v) is 8.98. The lowest BCUT2D eigenvalue weighted by Gasteiger charge is -2.33. The maximum atomic E-state index is 6.53. The Bertz CT molecular complexity index is 557. The Labute approximate surface area is 180 Å². The van der Waals surface area contributed by atoms with Gasteiger partial charge in [0, 0.05) is 17.4 Å². The maximum Gasteiger partial charge on any atom is 0.234 e. The number of hydrogen-bond donors (Lipinski definition) is 0. The minimum Gasteiger partial charge on any atom is -0.395 e. The first kappa shape index (κ1) is 22.9. The average molecular weight is 437 g/mol. The summed E-state index contributed by atoms with van der Waals surface area (Å²) in [6.45, 7) is 2.26. The van der Waals surface area contributed by atoms with E-state index in [4.69, 9.17) is 16.0 Å². The van der Waals surface area contributed by atoms with Gasteiger partial charge in [-0.05, 0) is 30.0 Å². The second-order valence-corrected chi connectivity index (χ2v) is 10.5. The van der Waals surface area contributed by atoms with Crippen LogP contribution in [0.25, 0.3) is 0 Å². The summed E-state index contributed by atoms with van der Waals surface area (Å²) in [6.07, 6.45) is 4.75. The van der Waals surface area contributed by atoms with Crippen molar-refractivity contribution in [2.45, 2.75) is 54.4 Å². The third-order valence-electron chi connectivity index (χ3n) is 4.11. The molecule has 5 heteroatoms. The van der Waals surface area contributed by atoms with Crippen LogP contribution < -0.4 is 0 Å². The fourth-order valence-electron chi connectivity index (χ4n) is 2.62. The highest BCUT2D eigenvalue weighted by Gasteiger charge is 2.32. The van der Waals surface area contributed by atoms with E-state index in [1.54, 1.807) is 0 Å². The summed E-state index contributed by atoms with van der Waals surface area (Å²) in [5.74, 6) is 2.61. The molecule has 0 aliphatic carbocycles. The van der Waals surface area contributed by atoms with Crippen LogP contribution in [0.2, 0.25) is 6.04 Å². The summed E-state index contributed by atoms with van der Waals surface area (Å²) < 4.78 is 6.33. The summed E-state index contributed by atoms with van der Waals surface area (Å²) in [6, 6.07) is 22.3. The molecular weight excluding hydrogens is 408 g/mol.